The molecule has 1 aromatic heterocycles. The number of aromatic nitrogens is 1. The number of benzene rings is 2. The van der Waals surface area contributed by atoms with Crippen molar-refractivity contribution in [2.45, 2.75) is 22.6 Å². The first kappa shape index (κ1) is 23.1. The lowest BCUT2D eigenvalue weighted by atomic mass is 10.0. The molecule has 2 heterocycles. The van der Waals surface area contributed by atoms with Gasteiger partial charge in [-0.05, 0) is 42.0 Å². The molecule has 0 atom stereocenters. The molecule has 1 aliphatic heterocycles. The van der Waals surface area contributed by atoms with Gasteiger partial charge in [0.15, 0.2) is 0 Å². The van der Waals surface area contributed by atoms with Crippen LogP contribution in [0.2, 0.25) is 0 Å². The summed E-state index contributed by atoms with van der Waals surface area (Å²) >= 11 is 1.32. The minimum absolute atomic E-state index is 0.00834. The molecule has 0 spiro atoms. The predicted octanol–water partition coefficient (Wildman–Crippen LogP) is 5.02. The summed E-state index contributed by atoms with van der Waals surface area (Å²) in [5.41, 5.74) is 0.0604. The number of hydrogen-bond acceptors (Lipinski definition) is 5. The van der Waals surface area contributed by atoms with Gasteiger partial charge in [0.2, 0.25) is 0 Å². The summed E-state index contributed by atoms with van der Waals surface area (Å²) in [6.45, 7) is 1.79. The van der Waals surface area contributed by atoms with Crippen molar-refractivity contribution in [1.29, 1.82) is 0 Å². The number of morpholine rings is 1. The number of pyridine rings is 1. The Hall–Kier alpha value is -3.04. The van der Waals surface area contributed by atoms with E-state index in [-0.39, 0.29) is 12.1 Å². The smallest absolute Gasteiger partial charge is 0.378 e. The van der Waals surface area contributed by atoms with Gasteiger partial charge in [-0.3, -0.25) is 4.79 Å². The topological polar surface area (TPSA) is 54.5 Å². The van der Waals surface area contributed by atoms with Crippen LogP contribution in [0.1, 0.15) is 21.5 Å². The van der Waals surface area contributed by atoms with Gasteiger partial charge in [0.25, 0.3) is 5.91 Å². The van der Waals surface area contributed by atoms with Crippen LogP contribution in [-0.4, -0.2) is 37.2 Å². The van der Waals surface area contributed by atoms with Crippen LogP contribution in [0.3, 0.4) is 0 Å². The zero-order valence-electron chi connectivity index (χ0n) is 17.6. The van der Waals surface area contributed by atoms with E-state index < -0.39 is 17.6 Å². The first-order chi connectivity index (χ1) is 15.9. The molecule has 1 fully saturated rings. The summed E-state index contributed by atoms with van der Waals surface area (Å²) in [6, 6.07) is 16.9. The Morgan fingerprint density at radius 2 is 1.82 bits per heavy atom. The Kier molecular flexibility index (Phi) is 7.20. The second kappa shape index (κ2) is 10.3. The largest absolute Gasteiger partial charge is 0.416 e. The van der Waals surface area contributed by atoms with Crippen molar-refractivity contribution in [3.05, 3.63) is 83.6 Å². The highest BCUT2D eigenvalue weighted by molar-refractivity contribution is 7.99. The highest BCUT2D eigenvalue weighted by Gasteiger charge is 2.34. The summed E-state index contributed by atoms with van der Waals surface area (Å²) < 4.78 is 46.6. The molecule has 1 amide bonds. The Balaban J connectivity index is 1.51. The lowest BCUT2D eigenvalue weighted by molar-refractivity contribution is -0.138. The van der Waals surface area contributed by atoms with Crippen LogP contribution in [0.15, 0.2) is 76.8 Å². The molecule has 0 aliphatic carbocycles. The Labute approximate surface area is 194 Å². The highest BCUT2D eigenvalue weighted by atomic mass is 32.2. The molecule has 0 unspecified atom stereocenters. The van der Waals surface area contributed by atoms with Gasteiger partial charge < -0.3 is 15.0 Å². The fraction of sp³-hybridized carbons (Fsp3) is 0.250. The SMILES string of the molecule is O=C(NCc1ccc(N2CCOCC2)cc1C(F)(F)F)c1cccnc1Sc1ccccc1. The molecule has 2 aromatic carbocycles. The van der Waals surface area contributed by atoms with E-state index in [1.54, 1.807) is 24.4 Å². The zero-order valence-corrected chi connectivity index (χ0v) is 18.5. The number of carbonyl (C=O) groups is 1. The highest BCUT2D eigenvalue weighted by Crippen LogP contribution is 2.35. The third-order valence-corrected chi connectivity index (χ3v) is 6.21. The normalized spacial score (nSPS) is 14.2. The second-order valence-electron chi connectivity index (χ2n) is 7.39. The lowest BCUT2D eigenvalue weighted by Gasteiger charge is -2.29. The molecule has 1 N–H and O–H groups in total. The molecule has 33 heavy (non-hydrogen) atoms. The number of hydrogen-bond donors (Lipinski definition) is 1. The van der Waals surface area contributed by atoms with E-state index in [2.05, 4.69) is 10.3 Å². The average molecular weight is 474 g/mol. The number of anilines is 1. The zero-order chi connectivity index (χ0) is 23.3. The first-order valence-corrected chi connectivity index (χ1v) is 11.2. The van der Waals surface area contributed by atoms with Crippen LogP contribution in [0.5, 0.6) is 0 Å². The molecule has 3 aromatic rings. The van der Waals surface area contributed by atoms with Gasteiger partial charge in [0.05, 0.1) is 24.3 Å². The van der Waals surface area contributed by atoms with Crippen LogP contribution < -0.4 is 10.2 Å². The van der Waals surface area contributed by atoms with Gasteiger partial charge in [0.1, 0.15) is 5.03 Å². The van der Waals surface area contributed by atoms with Crippen molar-refractivity contribution < 1.29 is 22.7 Å². The molecule has 0 bridgehead atoms. The van der Waals surface area contributed by atoms with E-state index in [9.17, 15) is 18.0 Å². The maximum absolute atomic E-state index is 13.8. The van der Waals surface area contributed by atoms with E-state index in [1.165, 1.54) is 17.8 Å². The van der Waals surface area contributed by atoms with E-state index in [0.717, 1.165) is 11.0 Å². The van der Waals surface area contributed by atoms with Crippen LogP contribution in [0, 0.1) is 0 Å². The van der Waals surface area contributed by atoms with E-state index in [4.69, 9.17) is 4.74 Å². The van der Waals surface area contributed by atoms with Crippen molar-refractivity contribution in [3.8, 4) is 0 Å². The van der Waals surface area contributed by atoms with Crippen LogP contribution in [0.4, 0.5) is 18.9 Å². The molecule has 4 rings (SSSR count). The van der Waals surface area contributed by atoms with Gasteiger partial charge in [0, 0.05) is 36.4 Å². The maximum atomic E-state index is 13.8. The third-order valence-electron chi connectivity index (χ3n) is 5.19. The second-order valence-corrected chi connectivity index (χ2v) is 8.45. The molecule has 0 saturated carbocycles. The minimum Gasteiger partial charge on any atom is -0.378 e. The predicted molar refractivity (Wildman–Crippen MR) is 120 cm³/mol. The Bertz CT molecular complexity index is 1100. The molecule has 9 heteroatoms. The number of alkyl halides is 3. The van der Waals surface area contributed by atoms with Gasteiger partial charge in [-0.1, -0.05) is 36.0 Å². The average Bonchev–Trinajstić information content (AvgIpc) is 2.83. The Morgan fingerprint density at radius 3 is 2.55 bits per heavy atom. The van der Waals surface area contributed by atoms with Crippen molar-refractivity contribution in [1.82, 2.24) is 10.3 Å². The number of carbonyl (C=O) groups excluding carboxylic acids is 1. The molecule has 1 aliphatic rings. The van der Waals surface area contributed by atoms with E-state index in [1.807, 2.05) is 35.2 Å². The number of nitrogens with zero attached hydrogens (tertiary/aromatic N) is 2. The monoisotopic (exact) mass is 473 g/mol. The summed E-state index contributed by atoms with van der Waals surface area (Å²) in [4.78, 5) is 19.9. The molecular formula is C24H22F3N3O2S. The number of nitrogens with one attached hydrogen (secondary N) is 1. The molecule has 0 radical (unpaired) electrons. The van der Waals surface area contributed by atoms with Crippen LogP contribution in [-0.2, 0) is 17.5 Å². The van der Waals surface area contributed by atoms with Gasteiger partial charge >= 0.3 is 6.18 Å². The van der Waals surface area contributed by atoms with Gasteiger partial charge in [-0.2, -0.15) is 13.2 Å². The maximum Gasteiger partial charge on any atom is 0.416 e. The van der Waals surface area contributed by atoms with Crippen molar-refractivity contribution >= 4 is 23.4 Å². The van der Waals surface area contributed by atoms with Crippen molar-refractivity contribution in [2.24, 2.45) is 0 Å². The number of ether oxygens (including phenoxy) is 1. The van der Waals surface area contributed by atoms with Crippen LogP contribution in [0.25, 0.3) is 0 Å². The lowest BCUT2D eigenvalue weighted by Crippen LogP contribution is -2.36. The van der Waals surface area contributed by atoms with Gasteiger partial charge in [-0.25, -0.2) is 4.98 Å². The number of rotatable bonds is 6. The fourth-order valence-electron chi connectivity index (χ4n) is 3.52. The fourth-order valence-corrected chi connectivity index (χ4v) is 4.42. The quantitative estimate of drug-likeness (QED) is 0.545. The summed E-state index contributed by atoms with van der Waals surface area (Å²) in [7, 11) is 0. The van der Waals surface area contributed by atoms with Gasteiger partial charge in [-0.15, -0.1) is 0 Å². The minimum atomic E-state index is -4.54. The van der Waals surface area contributed by atoms with E-state index >= 15 is 0 Å². The number of amides is 1. The molecule has 5 nitrogen and oxygen atoms in total. The van der Waals surface area contributed by atoms with Crippen molar-refractivity contribution in [3.63, 3.8) is 0 Å². The van der Waals surface area contributed by atoms with Crippen LogP contribution >= 0.6 is 11.8 Å². The van der Waals surface area contributed by atoms with Crippen molar-refractivity contribution in [2.75, 3.05) is 31.2 Å². The third kappa shape index (κ3) is 5.85. The summed E-state index contributed by atoms with van der Waals surface area (Å²) in [5.74, 6) is -0.480. The standard InChI is InChI=1S/C24H22F3N3O2S/c25-24(26,27)21-15-18(30-11-13-32-14-12-30)9-8-17(21)16-29-22(31)20-7-4-10-28-23(20)33-19-5-2-1-3-6-19/h1-10,15H,11-14,16H2,(H,29,31). The molecular weight excluding hydrogens is 451 g/mol. The molecule has 172 valence electrons. The molecule has 1 saturated heterocycles. The van der Waals surface area contributed by atoms with E-state index in [0.29, 0.717) is 42.6 Å². The first-order valence-electron chi connectivity index (χ1n) is 10.4. The Morgan fingerprint density at radius 1 is 1.06 bits per heavy atom. The summed E-state index contributed by atoms with van der Waals surface area (Å²) in [6.07, 6.45) is -2.96. The number of halogens is 3. The summed E-state index contributed by atoms with van der Waals surface area (Å²) in [5, 5.41) is 3.11.